The number of nitrogens with one attached hydrogen (secondary N) is 2. The van der Waals surface area contributed by atoms with Crippen LogP contribution in [-0.4, -0.2) is 43.1 Å². The van der Waals surface area contributed by atoms with Gasteiger partial charge in [0.1, 0.15) is 11.3 Å². The van der Waals surface area contributed by atoms with Crippen LogP contribution < -0.4 is 10.1 Å². The average Bonchev–Trinajstić information content (AvgIpc) is 3.42. The molecule has 0 spiro atoms. The highest BCUT2D eigenvalue weighted by molar-refractivity contribution is 6.09. The summed E-state index contributed by atoms with van der Waals surface area (Å²) in [6.07, 6.45) is 3.61. The van der Waals surface area contributed by atoms with Crippen LogP contribution in [0.25, 0.3) is 0 Å². The van der Waals surface area contributed by atoms with Crippen LogP contribution in [0.15, 0.2) is 24.3 Å². The Hall–Kier alpha value is -2.08. The van der Waals surface area contributed by atoms with Crippen LogP contribution in [0, 0.1) is 11.3 Å². The first kappa shape index (κ1) is 15.4. The third-order valence-corrected chi connectivity index (χ3v) is 5.40. The molecule has 2 saturated heterocycles. The van der Waals surface area contributed by atoms with E-state index in [0.29, 0.717) is 13.2 Å². The number of carbonyl (C=O) groups is 1. The zero-order chi connectivity index (χ0) is 16.7. The normalized spacial score (nSPS) is 28.1. The number of benzene rings is 1. The fraction of sp³-hybridized carbons (Fsp3) is 0.556. The Morgan fingerprint density at radius 1 is 1.21 bits per heavy atom. The molecule has 6 heteroatoms. The number of guanidine groups is 1. The minimum absolute atomic E-state index is 0.0204. The highest BCUT2D eigenvalue weighted by Crippen LogP contribution is 2.49. The Kier molecular flexibility index (Phi) is 3.72. The van der Waals surface area contributed by atoms with Gasteiger partial charge in [0.05, 0.1) is 7.11 Å². The maximum absolute atomic E-state index is 13.4. The summed E-state index contributed by atoms with van der Waals surface area (Å²) in [5.41, 5.74) is 0.136. The number of amides is 1. The molecule has 1 unspecified atom stereocenters. The summed E-state index contributed by atoms with van der Waals surface area (Å²) >= 11 is 0. The van der Waals surface area contributed by atoms with Crippen molar-refractivity contribution in [3.8, 4) is 5.75 Å². The monoisotopic (exact) mass is 329 g/mol. The van der Waals surface area contributed by atoms with Crippen LogP contribution >= 0.6 is 0 Å². The molecule has 1 aromatic carbocycles. The zero-order valence-electron chi connectivity index (χ0n) is 13.9. The second-order valence-corrected chi connectivity index (χ2v) is 6.80. The number of ether oxygens (including phenoxy) is 2. The van der Waals surface area contributed by atoms with E-state index in [0.717, 1.165) is 37.0 Å². The number of hydrogen-bond donors (Lipinski definition) is 2. The van der Waals surface area contributed by atoms with Gasteiger partial charge in [-0.2, -0.15) is 0 Å². The Morgan fingerprint density at radius 3 is 2.46 bits per heavy atom. The molecule has 6 nitrogen and oxygen atoms in total. The number of nitrogens with zero attached hydrogens (tertiary/aromatic N) is 1. The van der Waals surface area contributed by atoms with Crippen molar-refractivity contribution >= 4 is 11.9 Å². The maximum Gasteiger partial charge on any atom is 0.260 e. The van der Waals surface area contributed by atoms with E-state index in [2.05, 4.69) is 5.32 Å². The second-order valence-electron chi connectivity index (χ2n) is 6.80. The van der Waals surface area contributed by atoms with Crippen LogP contribution in [0.2, 0.25) is 0 Å². The molecule has 3 fully saturated rings. The van der Waals surface area contributed by atoms with Gasteiger partial charge in [-0.15, -0.1) is 0 Å². The van der Waals surface area contributed by atoms with Crippen molar-refractivity contribution in [2.75, 3.05) is 20.3 Å². The first-order valence-corrected chi connectivity index (χ1v) is 8.59. The molecule has 24 heavy (non-hydrogen) atoms. The molecule has 2 N–H and O–H groups in total. The van der Waals surface area contributed by atoms with Gasteiger partial charge < -0.3 is 14.8 Å². The molecular weight excluding hydrogens is 306 g/mol. The SMILES string of the molecule is COc1ccc(C2(C3CC3)NC(=N)N(C3CCOCC3)C2=O)cc1. The zero-order valence-corrected chi connectivity index (χ0v) is 13.9. The van der Waals surface area contributed by atoms with Crippen LogP contribution in [0.4, 0.5) is 0 Å². The van der Waals surface area contributed by atoms with Gasteiger partial charge in [-0.25, -0.2) is 0 Å². The van der Waals surface area contributed by atoms with Gasteiger partial charge in [-0.3, -0.25) is 15.1 Å². The molecule has 0 bridgehead atoms. The van der Waals surface area contributed by atoms with Crippen molar-refractivity contribution in [1.29, 1.82) is 5.41 Å². The molecular formula is C18H23N3O3. The van der Waals surface area contributed by atoms with E-state index < -0.39 is 5.54 Å². The lowest BCUT2D eigenvalue weighted by molar-refractivity contribution is -0.135. The molecule has 0 aromatic heterocycles. The largest absolute Gasteiger partial charge is 0.497 e. The van der Waals surface area contributed by atoms with Crippen LogP contribution in [0.3, 0.4) is 0 Å². The molecule has 2 aliphatic heterocycles. The summed E-state index contributed by atoms with van der Waals surface area (Å²) in [7, 11) is 1.63. The van der Waals surface area contributed by atoms with Gasteiger partial charge in [-0.1, -0.05) is 12.1 Å². The molecule has 3 aliphatic rings. The van der Waals surface area contributed by atoms with Crippen molar-refractivity contribution in [2.24, 2.45) is 5.92 Å². The third-order valence-electron chi connectivity index (χ3n) is 5.40. The summed E-state index contributed by atoms with van der Waals surface area (Å²) in [5, 5.41) is 11.7. The van der Waals surface area contributed by atoms with Crippen LogP contribution in [0.1, 0.15) is 31.2 Å². The maximum atomic E-state index is 13.4. The molecule has 1 saturated carbocycles. The van der Waals surface area contributed by atoms with Crippen molar-refractivity contribution in [3.63, 3.8) is 0 Å². The van der Waals surface area contributed by atoms with Gasteiger partial charge in [0.25, 0.3) is 5.91 Å². The van der Waals surface area contributed by atoms with Gasteiger partial charge in [0.15, 0.2) is 5.96 Å². The summed E-state index contributed by atoms with van der Waals surface area (Å²) in [4.78, 5) is 15.1. The van der Waals surface area contributed by atoms with E-state index in [9.17, 15) is 4.79 Å². The third kappa shape index (κ3) is 2.28. The van der Waals surface area contributed by atoms with Crippen molar-refractivity contribution in [2.45, 2.75) is 37.3 Å². The summed E-state index contributed by atoms with van der Waals surface area (Å²) in [5.74, 6) is 1.27. The van der Waals surface area contributed by atoms with Gasteiger partial charge in [-0.05, 0) is 49.3 Å². The van der Waals surface area contributed by atoms with E-state index in [4.69, 9.17) is 14.9 Å². The summed E-state index contributed by atoms with van der Waals surface area (Å²) < 4.78 is 10.6. The highest BCUT2D eigenvalue weighted by atomic mass is 16.5. The van der Waals surface area contributed by atoms with E-state index in [1.54, 1.807) is 12.0 Å². The number of rotatable bonds is 4. The van der Waals surface area contributed by atoms with Crippen molar-refractivity contribution in [1.82, 2.24) is 10.2 Å². The fourth-order valence-corrected chi connectivity index (χ4v) is 3.96. The lowest BCUT2D eigenvalue weighted by atomic mass is 9.84. The molecule has 2 heterocycles. The Balaban J connectivity index is 1.69. The molecule has 128 valence electrons. The fourth-order valence-electron chi connectivity index (χ4n) is 3.96. The van der Waals surface area contributed by atoms with E-state index >= 15 is 0 Å². The van der Waals surface area contributed by atoms with Gasteiger partial charge >= 0.3 is 0 Å². The quantitative estimate of drug-likeness (QED) is 0.884. The van der Waals surface area contributed by atoms with Crippen LogP contribution in [-0.2, 0) is 15.1 Å². The smallest absolute Gasteiger partial charge is 0.260 e. The van der Waals surface area contributed by atoms with Crippen LogP contribution in [0.5, 0.6) is 5.75 Å². The van der Waals surface area contributed by atoms with Gasteiger partial charge in [0.2, 0.25) is 0 Å². The Bertz CT molecular complexity index is 650. The Morgan fingerprint density at radius 2 is 1.88 bits per heavy atom. The molecule has 4 rings (SSSR count). The second kappa shape index (κ2) is 5.77. The highest BCUT2D eigenvalue weighted by Gasteiger charge is 2.60. The van der Waals surface area contributed by atoms with E-state index in [1.807, 2.05) is 24.3 Å². The minimum atomic E-state index is -0.790. The van der Waals surface area contributed by atoms with Gasteiger partial charge in [0, 0.05) is 19.3 Å². The average molecular weight is 329 g/mol. The molecule has 1 amide bonds. The molecule has 0 radical (unpaired) electrons. The standard InChI is InChI=1S/C18H23N3O3/c1-23-15-6-4-13(5-7-15)18(12-2-3-12)16(22)21(17(19)20-18)14-8-10-24-11-9-14/h4-7,12,14H,2-3,8-11H2,1H3,(H2,19,20). The predicted octanol–water partition coefficient (Wildman–Crippen LogP) is 1.85. The first-order chi connectivity index (χ1) is 11.7. The molecule has 1 aliphatic carbocycles. The van der Waals surface area contributed by atoms with E-state index in [-0.39, 0.29) is 23.8 Å². The topological polar surface area (TPSA) is 74.7 Å². The molecule has 1 aromatic rings. The number of hydrogen-bond acceptors (Lipinski definition) is 4. The lowest BCUT2D eigenvalue weighted by Crippen LogP contribution is -2.48. The predicted molar refractivity (Wildman–Crippen MR) is 88.9 cm³/mol. The molecule has 1 atom stereocenters. The lowest BCUT2D eigenvalue weighted by Gasteiger charge is -2.32. The first-order valence-electron chi connectivity index (χ1n) is 8.59. The Labute approximate surface area is 141 Å². The number of methoxy groups -OCH3 is 1. The van der Waals surface area contributed by atoms with Crippen molar-refractivity contribution < 1.29 is 14.3 Å². The van der Waals surface area contributed by atoms with E-state index in [1.165, 1.54) is 0 Å². The minimum Gasteiger partial charge on any atom is -0.497 e. The summed E-state index contributed by atoms with van der Waals surface area (Å²) in [6, 6.07) is 7.72. The number of carbonyl (C=O) groups excluding carboxylic acids is 1. The van der Waals surface area contributed by atoms with Crippen molar-refractivity contribution in [3.05, 3.63) is 29.8 Å². The summed E-state index contributed by atoms with van der Waals surface area (Å²) in [6.45, 7) is 1.31.